The molecule has 0 heterocycles. The summed E-state index contributed by atoms with van der Waals surface area (Å²) in [6, 6.07) is 17.6. The van der Waals surface area contributed by atoms with Gasteiger partial charge >= 0.3 is 0 Å². The second-order valence-corrected chi connectivity index (χ2v) is 8.82. The fourth-order valence-electron chi connectivity index (χ4n) is 2.68. The Balaban J connectivity index is 1.80. The Bertz CT molecular complexity index is 1170. The van der Waals surface area contributed by atoms with Crippen molar-refractivity contribution in [2.45, 2.75) is 11.3 Å². The van der Waals surface area contributed by atoms with E-state index in [0.29, 0.717) is 16.5 Å². The van der Waals surface area contributed by atoms with Crippen LogP contribution >= 0.6 is 23.2 Å². The van der Waals surface area contributed by atoms with Crippen LogP contribution in [-0.4, -0.2) is 21.4 Å². The van der Waals surface area contributed by atoms with Crippen LogP contribution < -0.4 is 14.8 Å². The lowest BCUT2D eigenvalue weighted by atomic mass is 10.1. The molecule has 0 aliphatic heterocycles. The first kappa shape index (κ1) is 22.0. The van der Waals surface area contributed by atoms with Crippen molar-refractivity contribution < 1.29 is 17.9 Å². The molecule has 156 valence electrons. The summed E-state index contributed by atoms with van der Waals surface area (Å²) in [7, 11) is -2.49. The van der Waals surface area contributed by atoms with Gasteiger partial charge in [0.15, 0.2) is 0 Å². The minimum atomic E-state index is -3.94. The van der Waals surface area contributed by atoms with E-state index in [2.05, 4.69) is 10.0 Å². The van der Waals surface area contributed by atoms with Crippen LogP contribution in [0.1, 0.15) is 5.56 Å². The van der Waals surface area contributed by atoms with Crippen LogP contribution in [0.15, 0.2) is 71.6 Å². The highest BCUT2D eigenvalue weighted by molar-refractivity contribution is 7.92. The van der Waals surface area contributed by atoms with Gasteiger partial charge in [0.2, 0.25) is 5.91 Å². The number of nitrogens with one attached hydrogen (secondary N) is 2. The van der Waals surface area contributed by atoms with E-state index in [4.69, 9.17) is 27.9 Å². The number of rotatable bonds is 7. The largest absolute Gasteiger partial charge is 0.495 e. The third-order valence-corrected chi connectivity index (χ3v) is 6.10. The van der Waals surface area contributed by atoms with Gasteiger partial charge in [-0.15, -0.1) is 0 Å². The highest BCUT2D eigenvalue weighted by atomic mass is 35.5. The first-order chi connectivity index (χ1) is 14.3. The summed E-state index contributed by atoms with van der Waals surface area (Å²) in [6.07, 6.45) is 0.0872. The van der Waals surface area contributed by atoms with Gasteiger partial charge in [-0.2, -0.15) is 0 Å². The Labute approximate surface area is 184 Å². The zero-order valence-corrected chi connectivity index (χ0v) is 18.2. The third-order valence-electron chi connectivity index (χ3n) is 4.15. The van der Waals surface area contributed by atoms with Gasteiger partial charge < -0.3 is 10.1 Å². The van der Waals surface area contributed by atoms with E-state index in [1.54, 1.807) is 48.5 Å². The van der Waals surface area contributed by atoms with Gasteiger partial charge in [-0.25, -0.2) is 8.42 Å². The molecule has 3 aromatic rings. The highest BCUT2D eigenvalue weighted by Gasteiger charge is 2.18. The van der Waals surface area contributed by atoms with E-state index in [0.717, 1.165) is 5.56 Å². The van der Waals surface area contributed by atoms with E-state index in [1.165, 1.54) is 25.3 Å². The number of methoxy groups -OCH3 is 1. The van der Waals surface area contributed by atoms with Crippen LogP contribution in [-0.2, 0) is 21.2 Å². The molecule has 0 atom stereocenters. The lowest BCUT2D eigenvalue weighted by molar-refractivity contribution is -0.115. The molecule has 3 rings (SSSR count). The molecule has 0 saturated carbocycles. The molecular formula is C21H18Cl2N2O4S. The van der Waals surface area contributed by atoms with E-state index in [9.17, 15) is 13.2 Å². The summed E-state index contributed by atoms with van der Waals surface area (Å²) in [5.41, 5.74) is 1.25. The third kappa shape index (κ3) is 5.44. The smallest absolute Gasteiger partial charge is 0.262 e. The summed E-state index contributed by atoms with van der Waals surface area (Å²) in [5, 5.41) is 3.44. The van der Waals surface area contributed by atoms with Crippen molar-refractivity contribution in [2.24, 2.45) is 0 Å². The standard InChI is InChI=1S/C21H18Cl2N2O4S/c1-29-20-5-3-2-4-18(20)25-30(27,28)16-10-11-17(23)19(13-16)24-21(26)12-14-6-8-15(22)9-7-14/h2-11,13,25H,12H2,1H3,(H,24,26). The molecule has 30 heavy (non-hydrogen) atoms. The molecule has 0 aliphatic rings. The first-order valence-electron chi connectivity index (χ1n) is 8.78. The summed E-state index contributed by atoms with van der Waals surface area (Å²) < 4.78 is 33.3. The average molecular weight is 465 g/mol. The molecule has 1 amide bonds. The number of carbonyl (C=O) groups is 1. The molecule has 0 radical (unpaired) electrons. The Morgan fingerprint density at radius 2 is 1.67 bits per heavy atom. The second-order valence-electron chi connectivity index (χ2n) is 6.30. The maximum atomic E-state index is 12.8. The molecule has 9 heteroatoms. The molecule has 0 spiro atoms. The lowest BCUT2D eigenvalue weighted by Gasteiger charge is -2.13. The molecule has 3 aromatic carbocycles. The van der Waals surface area contributed by atoms with Gasteiger partial charge in [-0.1, -0.05) is 47.5 Å². The average Bonchev–Trinajstić information content (AvgIpc) is 2.71. The van der Waals surface area contributed by atoms with Crippen molar-refractivity contribution in [3.63, 3.8) is 0 Å². The maximum Gasteiger partial charge on any atom is 0.262 e. The first-order valence-corrected chi connectivity index (χ1v) is 11.0. The van der Waals surface area contributed by atoms with Crippen molar-refractivity contribution >= 4 is 50.5 Å². The van der Waals surface area contributed by atoms with Gasteiger partial charge in [0, 0.05) is 5.02 Å². The topological polar surface area (TPSA) is 84.5 Å². The second kappa shape index (κ2) is 9.38. The van der Waals surface area contributed by atoms with Crippen molar-refractivity contribution in [1.29, 1.82) is 0 Å². The van der Waals surface area contributed by atoms with Crippen molar-refractivity contribution in [2.75, 3.05) is 17.1 Å². The maximum absolute atomic E-state index is 12.8. The minimum Gasteiger partial charge on any atom is -0.495 e. The highest BCUT2D eigenvalue weighted by Crippen LogP contribution is 2.29. The summed E-state index contributed by atoms with van der Waals surface area (Å²) in [5.74, 6) is 0.0398. The number of benzene rings is 3. The van der Waals surface area contributed by atoms with Crippen LogP contribution in [0, 0.1) is 0 Å². The monoisotopic (exact) mass is 464 g/mol. The number of carbonyl (C=O) groups excluding carboxylic acids is 1. The summed E-state index contributed by atoms with van der Waals surface area (Å²) in [4.78, 5) is 12.3. The minimum absolute atomic E-state index is 0.0559. The molecule has 2 N–H and O–H groups in total. The van der Waals surface area contributed by atoms with Crippen molar-refractivity contribution in [3.8, 4) is 5.75 Å². The zero-order valence-electron chi connectivity index (χ0n) is 15.9. The number of hydrogen-bond acceptors (Lipinski definition) is 4. The van der Waals surface area contributed by atoms with E-state index in [-0.39, 0.29) is 27.9 Å². The Kier molecular flexibility index (Phi) is 6.87. The number of ether oxygens (including phenoxy) is 1. The van der Waals surface area contributed by atoms with Crippen LogP contribution in [0.2, 0.25) is 10.0 Å². The van der Waals surface area contributed by atoms with Gasteiger partial charge in [-0.05, 0) is 48.0 Å². The van der Waals surface area contributed by atoms with Crippen LogP contribution in [0.25, 0.3) is 0 Å². The molecule has 0 fully saturated rings. The van der Waals surface area contributed by atoms with Crippen LogP contribution in [0.4, 0.5) is 11.4 Å². The number of hydrogen-bond donors (Lipinski definition) is 2. The zero-order chi connectivity index (χ0) is 21.7. The van der Waals surface area contributed by atoms with E-state index in [1.807, 2.05) is 0 Å². The van der Waals surface area contributed by atoms with E-state index < -0.39 is 10.0 Å². The number of amides is 1. The summed E-state index contributed by atoms with van der Waals surface area (Å²) in [6.45, 7) is 0. The molecule has 0 saturated heterocycles. The van der Waals surface area contributed by atoms with Gasteiger partial charge in [0.25, 0.3) is 10.0 Å². The number of para-hydroxylation sites is 2. The molecular weight excluding hydrogens is 447 g/mol. The fraction of sp³-hybridized carbons (Fsp3) is 0.0952. The Hall–Kier alpha value is -2.74. The van der Waals surface area contributed by atoms with Crippen LogP contribution in [0.5, 0.6) is 5.75 Å². The van der Waals surface area contributed by atoms with Gasteiger partial charge in [0.1, 0.15) is 5.75 Å². The van der Waals surface area contributed by atoms with E-state index >= 15 is 0 Å². The quantitative estimate of drug-likeness (QED) is 0.515. The van der Waals surface area contributed by atoms with Crippen LogP contribution in [0.3, 0.4) is 0 Å². The number of halogens is 2. The molecule has 0 bridgehead atoms. The van der Waals surface area contributed by atoms with Gasteiger partial charge in [0.05, 0.1) is 34.8 Å². The Morgan fingerprint density at radius 3 is 2.37 bits per heavy atom. The van der Waals surface area contributed by atoms with Gasteiger partial charge in [-0.3, -0.25) is 9.52 Å². The fourth-order valence-corrected chi connectivity index (χ4v) is 4.07. The normalized spacial score (nSPS) is 11.0. The Morgan fingerprint density at radius 1 is 0.967 bits per heavy atom. The SMILES string of the molecule is COc1ccccc1NS(=O)(=O)c1ccc(Cl)c(NC(=O)Cc2ccc(Cl)cc2)c1. The molecule has 6 nitrogen and oxygen atoms in total. The predicted octanol–water partition coefficient (Wildman–Crippen LogP) is 4.98. The predicted molar refractivity (Wildman–Crippen MR) is 119 cm³/mol. The molecule has 0 aromatic heterocycles. The van der Waals surface area contributed by atoms with Crippen molar-refractivity contribution in [3.05, 3.63) is 82.3 Å². The summed E-state index contributed by atoms with van der Waals surface area (Å²) >= 11 is 12.0. The number of anilines is 2. The molecule has 0 aliphatic carbocycles. The lowest BCUT2D eigenvalue weighted by Crippen LogP contribution is -2.17. The van der Waals surface area contributed by atoms with Crippen molar-refractivity contribution in [1.82, 2.24) is 0 Å². The number of sulfonamides is 1. The molecule has 0 unspecified atom stereocenters.